The standard InChI is InChI=1S/C16H22N2O5/c1-11(16(20)18-4-6-23-7-5-18)17-15(19)12-8-13(21-2)10-14(9-12)22-3/h8-11H,4-7H2,1-3H3,(H,17,19)/t11-/m0/s1. The lowest BCUT2D eigenvalue weighted by atomic mass is 10.1. The van der Waals surface area contributed by atoms with E-state index in [2.05, 4.69) is 5.32 Å². The second kappa shape index (κ2) is 7.82. The largest absolute Gasteiger partial charge is 0.497 e. The molecule has 0 bridgehead atoms. The highest BCUT2D eigenvalue weighted by molar-refractivity contribution is 5.98. The molecule has 7 heteroatoms. The van der Waals surface area contributed by atoms with Crippen molar-refractivity contribution in [3.8, 4) is 11.5 Å². The number of amides is 2. The SMILES string of the molecule is COc1cc(OC)cc(C(=O)N[C@@H](C)C(=O)N2CCOCC2)c1. The molecule has 1 aliphatic heterocycles. The van der Waals surface area contributed by atoms with Gasteiger partial charge in [-0.25, -0.2) is 0 Å². The summed E-state index contributed by atoms with van der Waals surface area (Å²) in [6, 6.07) is 4.27. The fraction of sp³-hybridized carbons (Fsp3) is 0.500. The van der Waals surface area contributed by atoms with E-state index in [-0.39, 0.29) is 11.8 Å². The van der Waals surface area contributed by atoms with Crippen molar-refractivity contribution in [3.05, 3.63) is 23.8 Å². The van der Waals surface area contributed by atoms with Crippen LogP contribution >= 0.6 is 0 Å². The van der Waals surface area contributed by atoms with Gasteiger partial charge in [-0.1, -0.05) is 0 Å². The first-order valence-corrected chi connectivity index (χ1v) is 7.45. The molecule has 1 heterocycles. The van der Waals surface area contributed by atoms with Crippen LogP contribution in [-0.2, 0) is 9.53 Å². The lowest BCUT2D eigenvalue weighted by Gasteiger charge is -2.29. The third-order valence-electron chi connectivity index (χ3n) is 3.65. The van der Waals surface area contributed by atoms with Crippen LogP contribution in [0.3, 0.4) is 0 Å². The van der Waals surface area contributed by atoms with E-state index in [4.69, 9.17) is 14.2 Å². The third kappa shape index (κ3) is 4.35. The molecular weight excluding hydrogens is 300 g/mol. The Morgan fingerprint density at radius 3 is 2.22 bits per heavy atom. The van der Waals surface area contributed by atoms with Crippen LogP contribution in [0.5, 0.6) is 11.5 Å². The van der Waals surface area contributed by atoms with E-state index >= 15 is 0 Å². The van der Waals surface area contributed by atoms with Gasteiger partial charge < -0.3 is 24.4 Å². The number of morpholine rings is 1. The van der Waals surface area contributed by atoms with Crippen molar-refractivity contribution < 1.29 is 23.8 Å². The number of hydrogen-bond donors (Lipinski definition) is 1. The number of nitrogens with zero attached hydrogens (tertiary/aromatic N) is 1. The van der Waals surface area contributed by atoms with E-state index in [1.165, 1.54) is 14.2 Å². The zero-order valence-electron chi connectivity index (χ0n) is 13.6. The van der Waals surface area contributed by atoms with E-state index in [1.807, 2.05) is 0 Å². The molecule has 1 aromatic rings. The fourth-order valence-electron chi connectivity index (χ4n) is 2.34. The maximum absolute atomic E-state index is 12.4. The van der Waals surface area contributed by atoms with Gasteiger partial charge in [-0.15, -0.1) is 0 Å². The quantitative estimate of drug-likeness (QED) is 0.863. The van der Waals surface area contributed by atoms with Crippen LogP contribution in [0.15, 0.2) is 18.2 Å². The summed E-state index contributed by atoms with van der Waals surface area (Å²) >= 11 is 0. The fourth-order valence-corrected chi connectivity index (χ4v) is 2.34. The molecule has 1 aromatic carbocycles. The van der Waals surface area contributed by atoms with Crippen molar-refractivity contribution in [2.75, 3.05) is 40.5 Å². The Kier molecular flexibility index (Phi) is 5.81. The highest BCUT2D eigenvalue weighted by Gasteiger charge is 2.24. The molecule has 0 saturated carbocycles. The van der Waals surface area contributed by atoms with E-state index in [9.17, 15) is 9.59 Å². The molecule has 0 radical (unpaired) electrons. The summed E-state index contributed by atoms with van der Waals surface area (Å²) in [6.45, 7) is 3.82. The second-order valence-corrected chi connectivity index (χ2v) is 5.23. The number of carbonyl (C=O) groups excluding carboxylic acids is 2. The molecule has 7 nitrogen and oxygen atoms in total. The summed E-state index contributed by atoms with van der Waals surface area (Å²) in [5, 5.41) is 2.71. The Morgan fingerprint density at radius 2 is 1.70 bits per heavy atom. The van der Waals surface area contributed by atoms with Gasteiger partial charge in [0, 0.05) is 24.7 Å². The van der Waals surface area contributed by atoms with Crippen LogP contribution in [0.1, 0.15) is 17.3 Å². The average Bonchev–Trinajstić information content (AvgIpc) is 2.61. The highest BCUT2D eigenvalue weighted by atomic mass is 16.5. The van der Waals surface area contributed by atoms with E-state index < -0.39 is 6.04 Å². The van der Waals surface area contributed by atoms with Crippen LogP contribution in [0.4, 0.5) is 0 Å². The topological polar surface area (TPSA) is 77.1 Å². The molecule has 1 atom stereocenters. The van der Waals surface area contributed by atoms with Gasteiger partial charge in [0.1, 0.15) is 17.5 Å². The maximum atomic E-state index is 12.4. The molecule has 0 unspecified atom stereocenters. The number of ether oxygens (including phenoxy) is 3. The first-order valence-electron chi connectivity index (χ1n) is 7.45. The number of methoxy groups -OCH3 is 2. The number of carbonyl (C=O) groups is 2. The molecule has 1 saturated heterocycles. The van der Waals surface area contributed by atoms with Crippen molar-refractivity contribution in [2.45, 2.75) is 13.0 Å². The number of benzene rings is 1. The summed E-state index contributed by atoms with van der Waals surface area (Å²) in [5.41, 5.74) is 0.378. The van der Waals surface area contributed by atoms with E-state index in [0.717, 1.165) is 0 Å². The van der Waals surface area contributed by atoms with Crippen molar-refractivity contribution in [1.29, 1.82) is 0 Å². The monoisotopic (exact) mass is 322 g/mol. The lowest BCUT2D eigenvalue weighted by Crippen LogP contribution is -2.50. The molecule has 0 aromatic heterocycles. The molecule has 126 valence electrons. The molecular formula is C16H22N2O5. The Bertz CT molecular complexity index is 547. The zero-order chi connectivity index (χ0) is 16.8. The lowest BCUT2D eigenvalue weighted by molar-refractivity contribution is -0.136. The van der Waals surface area contributed by atoms with E-state index in [0.29, 0.717) is 43.4 Å². The van der Waals surface area contributed by atoms with Gasteiger partial charge in [0.05, 0.1) is 27.4 Å². The Morgan fingerprint density at radius 1 is 1.13 bits per heavy atom. The van der Waals surface area contributed by atoms with Crippen molar-refractivity contribution >= 4 is 11.8 Å². The summed E-state index contributed by atoms with van der Waals surface area (Å²) in [5.74, 6) is 0.566. The smallest absolute Gasteiger partial charge is 0.252 e. The molecule has 2 rings (SSSR count). The Hall–Kier alpha value is -2.28. The van der Waals surface area contributed by atoms with Gasteiger partial charge >= 0.3 is 0 Å². The van der Waals surface area contributed by atoms with Crippen LogP contribution in [0.2, 0.25) is 0 Å². The molecule has 0 aliphatic carbocycles. The van der Waals surface area contributed by atoms with Gasteiger partial charge in [0.15, 0.2) is 0 Å². The van der Waals surface area contributed by atoms with E-state index in [1.54, 1.807) is 30.0 Å². The molecule has 1 fully saturated rings. The minimum absolute atomic E-state index is 0.114. The number of nitrogens with one attached hydrogen (secondary N) is 1. The third-order valence-corrected chi connectivity index (χ3v) is 3.65. The summed E-state index contributed by atoms with van der Waals surface area (Å²) in [7, 11) is 3.03. The van der Waals surface area contributed by atoms with Crippen LogP contribution < -0.4 is 14.8 Å². The first kappa shape index (κ1) is 17.1. The first-order chi connectivity index (χ1) is 11.0. The molecule has 23 heavy (non-hydrogen) atoms. The zero-order valence-corrected chi connectivity index (χ0v) is 13.6. The summed E-state index contributed by atoms with van der Waals surface area (Å²) in [4.78, 5) is 26.4. The van der Waals surface area contributed by atoms with Gasteiger partial charge in [-0.05, 0) is 19.1 Å². The Labute approximate surface area is 135 Å². The molecule has 2 amide bonds. The van der Waals surface area contributed by atoms with Gasteiger partial charge in [-0.3, -0.25) is 9.59 Å². The number of hydrogen-bond acceptors (Lipinski definition) is 5. The molecule has 1 N–H and O–H groups in total. The van der Waals surface area contributed by atoms with Gasteiger partial charge in [0.2, 0.25) is 5.91 Å². The minimum Gasteiger partial charge on any atom is -0.497 e. The average molecular weight is 322 g/mol. The Balaban J connectivity index is 2.04. The summed E-state index contributed by atoms with van der Waals surface area (Å²) in [6.07, 6.45) is 0. The van der Waals surface area contributed by atoms with Crippen LogP contribution in [-0.4, -0.2) is 63.3 Å². The van der Waals surface area contributed by atoms with Gasteiger partial charge in [0.25, 0.3) is 5.91 Å². The van der Waals surface area contributed by atoms with Gasteiger partial charge in [-0.2, -0.15) is 0 Å². The number of rotatable bonds is 5. The van der Waals surface area contributed by atoms with Crippen molar-refractivity contribution in [3.63, 3.8) is 0 Å². The predicted molar refractivity (Wildman–Crippen MR) is 83.9 cm³/mol. The minimum atomic E-state index is -0.613. The normalized spacial score (nSPS) is 15.7. The van der Waals surface area contributed by atoms with Crippen LogP contribution in [0.25, 0.3) is 0 Å². The van der Waals surface area contributed by atoms with Crippen LogP contribution in [0, 0.1) is 0 Å². The second-order valence-electron chi connectivity index (χ2n) is 5.23. The predicted octanol–water partition coefficient (Wildman–Crippen LogP) is 0.681. The highest BCUT2D eigenvalue weighted by Crippen LogP contribution is 2.22. The molecule has 0 spiro atoms. The summed E-state index contributed by atoms with van der Waals surface area (Å²) < 4.78 is 15.5. The van der Waals surface area contributed by atoms with Crippen molar-refractivity contribution in [1.82, 2.24) is 10.2 Å². The maximum Gasteiger partial charge on any atom is 0.252 e. The van der Waals surface area contributed by atoms with Crippen molar-refractivity contribution in [2.24, 2.45) is 0 Å². The molecule has 1 aliphatic rings.